The highest BCUT2D eigenvalue weighted by Crippen LogP contribution is 2.27. The maximum atomic E-state index is 10.2. The van der Waals surface area contributed by atoms with Gasteiger partial charge in [-0.15, -0.1) is 0 Å². The highest BCUT2D eigenvalue weighted by molar-refractivity contribution is 7.07. The van der Waals surface area contributed by atoms with E-state index in [0.29, 0.717) is 5.92 Å². The molecule has 0 amide bonds. The van der Waals surface area contributed by atoms with Gasteiger partial charge in [-0.3, -0.25) is 0 Å². The Labute approximate surface area is 96.1 Å². The SMILES string of the molecule is OC(Cc1ccsc1)C1CCCCCC1. The molecule has 2 heteroatoms. The van der Waals surface area contributed by atoms with Gasteiger partial charge < -0.3 is 5.11 Å². The number of hydrogen-bond donors (Lipinski definition) is 1. The van der Waals surface area contributed by atoms with Gasteiger partial charge in [0.2, 0.25) is 0 Å². The smallest absolute Gasteiger partial charge is 0.0609 e. The molecule has 1 fully saturated rings. The van der Waals surface area contributed by atoms with E-state index in [1.807, 2.05) is 0 Å². The Hall–Kier alpha value is -0.340. The Kier molecular flexibility index (Phi) is 4.21. The standard InChI is InChI=1S/C13H20OS/c14-13(9-11-7-8-15-10-11)12-5-3-1-2-4-6-12/h7-8,10,12-14H,1-6,9H2. The van der Waals surface area contributed by atoms with E-state index in [4.69, 9.17) is 0 Å². The van der Waals surface area contributed by atoms with E-state index in [2.05, 4.69) is 16.8 Å². The lowest BCUT2D eigenvalue weighted by Gasteiger charge is -2.20. The van der Waals surface area contributed by atoms with Crippen LogP contribution in [0.5, 0.6) is 0 Å². The third-order valence-electron chi connectivity index (χ3n) is 3.47. The van der Waals surface area contributed by atoms with Gasteiger partial charge in [-0.05, 0) is 47.6 Å². The first kappa shape index (κ1) is 11.2. The van der Waals surface area contributed by atoms with Gasteiger partial charge in [0.25, 0.3) is 0 Å². The van der Waals surface area contributed by atoms with Gasteiger partial charge in [-0.1, -0.05) is 25.7 Å². The summed E-state index contributed by atoms with van der Waals surface area (Å²) in [5.74, 6) is 0.549. The number of rotatable bonds is 3. The van der Waals surface area contributed by atoms with Gasteiger partial charge in [0.15, 0.2) is 0 Å². The Morgan fingerprint density at radius 2 is 2.00 bits per heavy atom. The van der Waals surface area contributed by atoms with E-state index in [9.17, 15) is 5.11 Å². The molecule has 2 rings (SSSR count). The maximum Gasteiger partial charge on any atom is 0.0609 e. The molecule has 1 unspecified atom stereocenters. The van der Waals surface area contributed by atoms with Crippen molar-refractivity contribution in [1.82, 2.24) is 0 Å². The second-order valence-corrected chi connectivity index (χ2v) is 5.43. The Morgan fingerprint density at radius 1 is 1.27 bits per heavy atom. The van der Waals surface area contributed by atoms with E-state index in [1.54, 1.807) is 11.3 Å². The average molecular weight is 224 g/mol. The molecule has 0 aliphatic heterocycles. The predicted molar refractivity (Wildman–Crippen MR) is 65.2 cm³/mol. The van der Waals surface area contributed by atoms with Crippen molar-refractivity contribution >= 4 is 11.3 Å². The van der Waals surface area contributed by atoms with Crippen molar-refractivity contribution in [3.8, 4) is 0 Å². The number of hydrogen-bond acceptors (Lipinski definition) is 2. The number of thiophene rings is 1. The van der Waals surface area contributed by atoms with Crippen molar-refractivity contribution in [2.24, 2.45) is 5.92 Å². The molecule has 1 nitrogen and oxygen atoms in total. The van der Waals surface area contributed by atoms with Crippen molar-refractivity contribution < 1.29 is 5.11 Å². The molecular weight excluding hydrogens is 204 g/mol. The summed E-state index contributed by atoms with van der Waals surface area (Å²) in [6.07, 6.45) is 8.54. The molecule has 1 atom stereocenters. The minimum atomic E-state index is -0.113. The van der Waals surface area contributed by atoms with E-state index >= 15 is 0 Å². The molecule has 0 bridgehead atoms. The lowest BCUT2D eigenvalue weighted by molar-refractivity contribution is 0.0987. The largest absolute Gasteiger partial charge is 0.392 e. The van der Waals surface area contributed by atoms with Gasteiger partial charge in [0.05, 0.1) is 6.10 Å². The normalized spacial score (nSPS) is 21.1. The topological polar surface area (TPSA) is 20.2 Å². The van der Waals surface area contributed by atoms with E-state index < -0.39 is 0 Å². The molecule has 15 heavy (non-hydrogen) atoms. The summed E-state index contributed by atoms with van der Waals surface area (Å²) in [7, 11) is 0. The van der Waals surface area contributed by atoms with Crippen LogP contribution in [0.3, 0.4) is 0 Å². The highest BCUT2D eigenvalue weighted by Gasteiger charge is 2.20. The fraction of sp³-hybridized carbons (Fsp3) is 0.692. The summed E-state index contributed by atoms with van der Waals surface area (Å²) in [4.78, 5) is 0. The maximum absolute atomic E-state index is 10.2. The molecule has 1 aromatic heterocycles. The zero-order valence-electron chi connectivity index (χ0n) is 9.19. The van der Waals surface area contributed by atoms with Gasteiger partial charge >= 0.3 is 0 Å². The Bertz CT molecular complexity index is 260. The van der Waals surface area contributed by atoms with Crippen LogP contribution >= 0.6 is 11.3 Å². The summed E-state index contributed by atoms with van der Waals surface area (Å²) < 4.78 is 0. The molecular formula is C13H20OS. The van der Waals surface area contributed by atoms with E-state index in [0.717, 1.165) is 6.42 Å². The molecule has 1 aliphatic rings. The van der Waals surface area contributed by atoms with Crippen molar-refractivity contribution in [2.75, 3.05) is 0 Å². The van der Waals surface area contributed by atoms with Gasteiger partial charge in [-0.2, -0.15) is 11.3 Å². The molecule has 1 heterocycles. The molecule has 1 aliphatic carbocycles. The summed E-state index contributed by atoms with van der Waals surface area (Å²) in [6.45, 7) is 0. The summed E-state index contributed by atoms with van der Waals surface area (Å²) in [6, 6.07) is 2.13. The molecule has 0 radical (unpaired) electrons. The van der Waals surface area contributed by atoms with Crippen LogP contribution in [0.2, 0.25) is 0 Å². The third-order valence-corrected chi connectivity index (χ3v) is 4.20. The molecule has 0 spiro atoms. The first-order chi connectivity index (χ1) is 7.36. The van der Waals surface area contributed by atoms with Crippen LogP contribution in [-0.2, 0) is 6.42 Å². The lowest BCUT2D eigenvalue weighted by atomic mass is 9.91. The van der Waals surface area contributed by atoms with Crippen LogP contribution in [0.25, 0.3) is 0 Å². The molecule has 1 saturated carbocycles. The van der Waals surface area contributed by atoms with E-state index in [1.165, 1.54) is 44.1 Å². The van der Waals surface area contributed by atoms with Crippen LogP contribution in [0, 0.1) is 5.92 Å². The molecule has 1 N–H and O–H groups in total. The summed E-state index contributed by atoms with van der Waals surface area (Å²) in [5.41, 5.74) is 1.30. The zero-order chi connectivity index (χ0) is 10.5. The number of aliphatic hydroxyl groups is 1. The summed E-state index contributed by atoms with van der Waals surface area (Å²) >= 11 is 1.72. The molecule has 0 saturated heterocycles. The minimum Gasteiger partial charge on any atom is -0.392 e. The average Bonchev–Trinajstić information content (AvgIpc) is 2.58. The van der Waals surface area contributed by atoms with Gasteiger partial charge in [-0.25, -0.2) is 0 Å². The van der Waals surface area contributed by atoms with Crippen molar-refractivity contribution in [2.45, 2.75) is 51.0 Å². The first-order valence-corrected chi connectivity index (χ1v) is 6.99. The second-order valence-electron chi connectivity index (χ2n) is 4.65. The van der Waals surface area contributed by atoms with Crippen LogP contribution in [0.4, 0.5) is 0 Å². The third kappa shape index (κ3) is 3.32. The van der Waals surface area contributed by atoms with Gasteiger partial charge in [0.1, 0.15) is 0 Å². The molecule has 84 valence electrons. The van der Waals surface area contributed by atoms with Crippen LogP contribution in [0.15, 0.2) is 16.8 Å². The van der Waals surface area contributed by atoms with Crippen LogP contribution < -0.4 is 0 Å². The Morgan fingerprint density at radius 3 is 2.60 bits per heavy atom. The highest BCUT2D eigenvalue weighted by atomic mass is 32.1. The fourth-order valence-electron chi connectivity index (χ4n) is 2.51. The van der Waals surface area contributed by atoms with Crippen molar-refractivity contribution in [3.05, 3.63) is 22.4 Å². The molecule has 0 aromatic carbocycles. The van der Waals surface area contributed by atoms with Crippen molar-refractivity contribution in [1.29, 1.82) is 0 Å². The molecule has 1 aromatic rings. The predicted octanol–water partition coefficient (Wildman–Crippen LogP) is 3.62. The van der Waals surface area contributed by atoms with Crippen LogP contribution in [-0.4, -0.2) is 11.2 Å². The number of aliphatic hydroxyl groups excluding tert-OH is 1. The zero-order valence-corrected chi connectivity index (χ0v) is 10.0. The van der Waals surface area contributed by atoms with Crippen molar-refractivity contribution in [3.63, 3.8) is 0 Å². The first-order valence-electron chi connectivity index (χ1n) is 6.05. The summed E-state index contributed by atoms with van der Waals surface area (Å²) in [5, 5.41) is 14.4. The monoisotopic (exact) mass is 224 g/mol. The minimum absolute atomic E-state index is 0.113. The lowest BCUT2D eigenvalue weighted by Crippen LogP contribution is -2.22. The van der Waals surface area contributed by atoms with Crippen LogP contribution in [0.1, 0.15) is 44.1 Å². The fourth-order valence-corrected chi connectivity index (χ4v) is 3.19. The Balaban J connectivity index is 1.86. The second kappa shape index (κ2) is 5.66. The van der Waals surface area contributed by atoms with Gasteiger partial charge in [0, 0.05) is 0 Å². The van der Waals surface area contributed by atoms with E-state index in [-0.39, 0.29) is 6.10 Å². The quantitative estimate of drug-likeness (QED) is 0.777.